The number of aliphatic carboxylic acids is 1. The van der Waals surface area contributed by atoms with Gasteiger partial charge in [-0.25, -0.2) is 0 Å². The normalized spacial score (nSPS) is 16.1. The average Bonchev–Trinajstić information content (AvgIpc) is 2.90. The molecule has 1 saturated heterocycles. The van der Waals surface area contributed by atoms with Gasteiger partial charge in [0.05, 0.1) is 5.92 Å². The fourth-order valence-electron chi connectivity index (χ4n) is 2.17. The Labute approximate surface area is 126 Å². The lowest BCUT2D eigenvalue weighted by atomic mass is 9.87. The molecule has 2 rings (SSSR count). The summed E-state index contributed by atoms with van der Waals surface area (Å²) >= 11 is 1.45. The van der Waals surface area contributed by atoms with Crippen LogP contribution in [0.25, 0.3) is 0 Å². The molecule has 6 nitrogen and oxygen atoms in total. The first-order chi connectivity index (χ1) is 9.99. The molecule has 1 aromatic heterocycles. The highest BCUT2D eigenvalue weighted by atomic mass is 32.1. The van der Waals surface area contributed by atoms with Gasteiger partial charge in [0.15, 0.2) is 0 Å². The van der Waals surface area contributed by atoms with Crippen LogP contribution in [0, 0.1) is 11.8 Å². The summed E-state index contributed by atoms with van der Waals surface area (Å²) in [4.78, 5) is 36.0. The third kappa shape index (κ3) is 3.81. The number of amides is 2. The smallest absolute Gasteiger partial charge is 0.306 e. The Kier molecular flexibility index (Phi) is 4.95. The molecular weight excluding hydrogens is 292 g/mol. The zero-order chi connectivity index (χ0) is 15.4. The highest BCUT2D eigenvalue weighted by Gasteiger charge is 2.36. The Hall–Kier alpha value is -1.89. The summed E-state index contributed by atoms with van der Waals surface area (Å²) in [5, 5.41) is 15.2. The maximum atomic E-state index is 11.9. The van der Waals surface area contributed by atoms with Crippen molar-refractivity contribution in [2.75, 3.05) is 19.6 Å². The standard InChI is InChI=1S/C14H18N2O4S/c1-9(14(19)20)11-6-16(7-11)12(17)2-4-15-13(18)10-3-5-21-8-10/h3,5,8-9,11H,2,4,6-7H2,1H3,(H,15,18)(H,19,20). The monoisotopic (exact) mass is 310 g/mol. The molecule has 114 valence electrons. The predicted molar refractivity (Wildman–Crippen MR) is 78.1 cm³/mol. The fraction of sp³-hybridized carbons (Fsp3) is 0.500. The molecule has 0 bridgehead atoms. The number of likely N-dealkylation sites (tertiary alicyclic amines) is 1. The van der Waals surface area contributed by atoms with E-state index in [1.807, 2.05) is 5.38 Å². The fourth-order valence-corrected chi connectivity index (χ4v) is 2.81. The van der Waals surface area contributed by atoms with Gasteiger partial charge < -0.3 is 15.3 Å². The zero-order valence-corrected chi connectivity index (χ0v) is 12.6. The van der Waals surface area contributed by atoms with Crippen molar-refractivity contribution in [1.29, 1.82) is 0 Å². The van der Waals surface area contributed by atoms with Crippen molar-refractivity contribution in [3.63, 3.8) is 0 Å². The molecule has 1 unspecified atom stereocenters. The summed E-state index contributed by atoms with van der Waals surface area (Å²) < 4.78 is 0. The molecule has 0 aromatic carbocycles. The van der Waals surface area contributed by atoms with Crippen LogP contribution >= 0.6 is 11.3 Å². The minimum Gasteiger partial charge on any atom is -0.481 e. The summed E-state index contributed by atoms with van der Waals surface area (Å²) in [5.74, 6) is -1.44. The lowest BCUT2D eigenvalue weighted by Crippen LogP contribution is -2.53. The van der Waals surface area contributed by atoms with Crippen molar-refractivity contribution in [3.8, 4) is 0 Å². The molecule has 0 aliphatic carbocycles. The van der Waals surface area contributed by atoms with Crippen LogP contribution < -0.4 is 5.32 Å². The first-order valence-corrected chi connectivity index (χ1v) is 7.74. The van der Waals surface area contributed by atoms with Crippen molar-refractivity contribution < 1.29 is 19.5 Å². The largest absolute Gasteiger partial charge is 0.481 e. The molecule has 1 fully saturated rings. The lowest BCUT2D eigenvalue weighted by molar-refractivity contribution is -0.150. The molecule has 2 heterocycles. The zero-order valence-electron chi connectivity index (χ0n) is 11.7. The number of carbonyl (C=O) groups excluding carboxylic acids is 2. The summed E-state index contributed by atoms with van der Waals surface area (Å²) in [5.41, 5.74) is 0.603. The van der Waals surface area contributed by atoms with Crippen LogP contribution in [-0.4, -0.2) is 47.4 Å². The van der Waals surface area contributed by atoms with E-state index in [4.69, 9.17) is 5.11 Å². The van der Waals surface area contributed by atoms with E-state index in [-0.39, 0.29) is 24.2 Å². The predicted octanol–water partition coefficient (Wildman–Crippen LogP) is 1.05. The van der Waals surface area contributed by atoms with Crippen LogP contribution in [0.3, 0.4) is 0 Å². The van der Waals surface area contributed by atoms with Crippen LogP contribution in [0.1, 0.15) is 23.7 Å². The van der Waals surface area contributed by atoms with Crippen LogP contribution in [0.2, 0.25) is 0 Å². The van der Waals surface area contributed by atoms with Crippen LogP contribution in [-0.2, 0) is 9.59 Å². The number of carboxylic acid groups (broad SMARTS) is 1. The van der Waals surface area contributed by atoms with Gasteiger partial charge in [-0.3, -0.25) is 14.4 Å². The number of carboxylic acids is 1. The Morgan fingerprint density at radius 1 is 1.48 bits per heavy atom. The van der Waals surface area contributed by atoms with Gasteiger partial charge in [0.25, 0.3) is 5.91 Å². The highest BCUT2D eigenvalue weighted by Crippen LogP contribution is 2.24. The van der Waals surface area contributed by atoms with Gasteiger partial charge in [-0.05, 0) is 11.4 Å². The van der Waals surface area contributed by atoms with Gasteiger partial charge in [-0.15, -0.1) is 0 Å². The van der Waals surface area contributed by atoms with Gasteiger partial charge in [0, 0.05) is 42.9 Å². The number of nitrogens with one attached hydrogen (secondary N) is 1. The summed E-state index contributed by atoms with van der Waals surface area (Å²) in [6.07, 6.45) is 0.240. The maximum absolute atomic E-state index is 11.9. The third-order valence-corrected chi connectivity index (χ3v) is 4.45. The molecule has 21 heavy (non-hydrogen) atoms. The number of carbonyl (C=O) groups is 3. The Morgan fingerprint density at radius 2 is 2.19 bits per heavy atom. The lowest BCUT2D eigenvalue weighted by Gasteiger charge is -2.41. The molecule has 2 amide bonds. The topological polar surface area (TPSA) is 86.7 Å². The Morgan fingerprint density at radius 3 is 2.76 bits per heavy atom. The number of thiophene rings is 1. The van der Waals surface area contributed by atoms with Crippen LogP contribution in [0.15, 0.2) is 16.8 Å². The minimum atomic E-state index is -0.824. The molecular formula is C14H18N2O4S. The summed E-state index contributed by atoms with van der Waals surface area (Å²) in [6, 6.07) is 1.73. The van der Waals surface area contributed by atoms with E-state index in [9.17, 15) is 14.4 Å². The molecule has 1 aliphatic heterocycles. The van der Waals surface area contributed by atoms with Crippen molar-refractivity contribution >= 4 is 29.1 Å². The minimum absolute atomic E-state index is 0.0341. The summed E-state index contributed by atoms with van der Waals surface area (Å²) in [6.45, 7) is 2.94. The van der Waals surface area contributed by atoms with E-state index in [0.717, 1.165) is 0 Å². The van der Waals surface area contributed by atoms with Crippen molar-refractivity contribution in [1.82, 2.24) is 10.2 Å². The molecule has 0 saturated carbocycles. The third-order valence-electron chi connectivity index (χ3n) is 3.77. The molecule has 7 heteroatoms. The van der Waals surface area contributed by atoms with Crippen LogP contribution in [0.4, 0.5) is 0 Å². The van der Waals surface area contributed by atoms with Gasteiger partial charge in [0.1, 0.15) is 0 Å². The molecule has 1 aliphatic rings. The number of hydrogen-bond acceptors (Lipinski definition) is 4. The average molecular weight is 310 g/mol. The van der Waals surface area contributed by atoms with Crippen molar-refractivity contribution in [3.05, 3.63) is 22.4 Å². The van der Waals surface area contributed by atoms with Gasteiger partial charge in [-0.1, -0.05) is 6.92 Å². The van der Waals surface area contributed by atoms with E-state index in [0.29, 0.717) is 25.2 Å². The first kappa shape index (κ1) is 15.5. The second-order valence-electron chi connectivity index (χ2n) is 5.20. The van der Waals surface area contributed by atoms with E-state index in [1.165, 1.54) is 11.3 Å². The van der Waals surface area contributed by atoms with E-state index in [2.05, 4.69) is 5.32 Å². The highest BCUT2D eigenvalue weighted by molar-refractivity contribution is 7.08. The van der Waals surface area contributed by atoms with E-state index < -0.39 is 11.9 Å². The molecule has 0 radical (unpaired) electrons. The first-order valence-electron chi connectivity index (χ1n) is 6.80. The molecule has 2 N–H and O–H groups in total. The van der Waals surface area contributed by atoms with Crippen molar-refractivity contribution in [2.45, 2.75) is 13.3 Å². The second-order valence-corrected chi connectivity index (χ2v) is 5.98. The van der Waals surface area contributed by atoms with Gasteiger partial charge >= 0.3 is 5.97 Å². The molecule has 1 atom stereocenters. The van der Waals surface area contributed by atoms with Gasteiger partial charge in [0.2, 0.25) is 5.91 Å². The van der Waals surface area contributed by atoms with Gasteiger partial charge in [-0.2, -0.15) is 11.3 Å². The Bertz CT molecular complexity index is 523. The maximum Gasteiger partial charge on any atom is 0.306 e. The number of rotatable bonds is 6. The molecule has 0 spiro atoms. The number of nitrogens with zero attached hydrogens (tertiary/aromatic N) is 1. The summed E-state index contributed by atoms with van der Waals surface area (Å²) in [7, 11) is 0. The van der Waals surface area contributed by atoms with Crippen LogP contribution in [0.5, 0.6) is 0 Å². The Balaban J connectivity index is 1.65. The van der Waals surface area contributed by atoms with E-state index >= 15 is 0 Å². The van der Waals surface area contributed by atoms with E-state index in [1.54, 1.807) is 23.3 Å². The molecule has 1 aromatic rings. The quantitative estimate of drug-likeness (QED) is 0.822. The number of hydrogen-bond donors (Lipinski definition) is 2. The second kappa shape index (κ2) is 6.71. The van der Waals surface area contributed by atoms with Crippen molar-refractivity contribution in [2.24, 2.45) is 11.8 Å². The SMILES string of the molecule is CC(C(=O)O)C1CN(C(=O)CCNC(=O)c2ccsc2)C1.